The first-order valence-corrected chi connectivity index (χ1v) is 12.7. The average molecular weight is 491 g/mol. The molecule has 0 aromatic heterocycles. The van der Waals surface area contributed by atoms with Gasteiger partial charge in [0.1, 0.15) is 4.90 Å². The third-order valence-electron chi connectivity index (χ3n) is 5.98. The van der Waals surface area contributed by atoms with Crippen LogP contribution in [0.5, 0.6) is 0 Å². The summed E-state index contributed by atoms with van der Waals surface area (Å²) in [4.78, 5) is 12.9. The molecule has 0 saturated carbocycles. The fraction of sp³-hybridized carbons (Fsp3) is 0.292. The molecule has 168 valence electrons. The van der Waals surface area contributed by atoms with Crippen molar-refractivity contribution < 1.29 is 13.2 Å². The predicted octanol–water partition coefficient (Wildman–Crippen LogP) is 5.42. The van der Waals surface area contributed by atoms with Crippen LogP contribution in [-0.2, 0) is 14.8 Å². The highest BCUT2D eigenvalue weighted by atomic mass is 35.5. The number of benzene rings is 3. The van der Waals surface area contributed by atoms with Crippen molar-refractivity contribution in [2.24, 2.45) is 5.92 Å². The quantitative estimate of drug-likeness (QED) is 0.518. The molecule has 0 aliphatic carbocycles. The molecule has 8 heteroatoms. The van der Waals surface area contributed by atoms with Crippen LogP contribution in [0.15, 0.2) is 65.6 Å². The molecule has 3 aromatic carbocycles. The summed E-state index contributed by atoms with van der Waals surface area (Å²) in [6.45, 7) is 2.48. The first kappa shape index (κ1) is 23.1. The lowest BCUT2D eigenvalue weighted by molar-refractivity contribution is -0.126. The highest BCUT2D eigenvalue weighted by Crippen LogP contribution is 2.31. The molecule has 32 heavy (non-hydrogen) atoms. The van der Waals surface area contributed by atoms with Crippen LogP contribution >= 0.6 is 23.2 Å². The van der Waals surface area contributed by atoms with Crippen molar-refractivity contribution >= 4 is 49.9 Å². The molecule has 1 atom stereocenters. The summed E-state index contributed by atoms with van der Waals surface area (Å²) in [6.07, 6.45) is 0.900. The first-order valence-electron chi connectivity index (χ1n) is 10.5. The van der Waals surface area contributed by atoms with Crippen molar-refractivity contribution in [2.45, 2.75) is 30.7 Å². The molecule has 1 heterocycles. The minimum Gasteiger partial charge on any atom is -0.349 e. The van der Waals surface area contributed by atoms with Crippen LogP contribution in [0.2, 0.25) is 10.0 Å². The van der Waals surface area contributed by atoms with Gasteiger partial charge < -0.3 is 5.32 Å². The molecule has 5 nitrogen and oxygen atoms in total. The Labute approximate surface area is 198 Å². The summed E-state index contributed by atoms with van der Waals surface area (Å²) < 4.78 is 27.4. The number of carbonyl (C=O) groups excluding carboxylic acids is 1. The lowest BCUT2D eigenvalue weighted by Gasteiger charge is -2.31. The number of hydrogen-bond donors (Lipinski definition) is 1. The van der Waals surface area contributed by atoms with Crippen molar-refractivity contribution in [2.75, 3.05) is 13.1 Å². The number of carbonyl (C=O) groups is 1. The molecule has 0 bridgehead atoms. The largest absolute Gasteiger partial charge is 0.349 e. The standard InChI is InChI=1S/C24H24Cl2N2O3S/c1-16(20-8-4-6-17-5-2-3-7-21(17)20)27-24(29)18-11-13-28(14-12-18)32(30,31)23-15-19(25)9-10-22(23)26/h2-10,15-16,18H,11-14H2,1H3,(H,27,29). The van der Waals surface area contributed by atoms with E-state index in [2.05, 4.69) is 23.5 Å². The smallest absolute Gasteiger partial charge is 0.244 e. The van der Waals surface area contributed by atoms with E-state index in [1.165, 1.54) is 16.4 Å². The maximum absolute atomic E-state index is 13.0. The van der Waals surface area contributed by atoms with Gasteiger partial charge in [-0.25, -0.2) is 8.42 Å². The van der Waals surface area contributed by atoms with E-state index >= 15 is 0 Å². The SMILES string of the molecule is CC(NC(=O)C1CCN(S(=O)(=O)c2cc(Cl)ccc2Cl)CC1)c1cccc2ccccc12. The number of hydrogen-bond acceptors (Lipinski definition) is 3. The summed E-state index contributed by atoms with van der Waals surface area (Å²) in [5, 5.41) is 5.80. The zero-order valence-corrected chi connectivity index (χ0v) is 19.9. The Bertz CT molecular complexity index is 1250. The fourth-order valence-corrected chi connectivity index (χ4v) is 6.42. The van der Waals surface area contributed by atoms with Crippen LogP contribution in [0, 0.1) is 5.92 Å². The van der Waals surface area contributed by atoms with Crippen molar-refractivity contribution in [3.8, 4) is 0 Å². The molecular formula is C24H24Cl2N2O3S. The van der Waals surface area contributed by atoms with Crippen LogP contribution in [0.25, 0.3) is 10.8 Å². The fourth-order valence-electron chi connectivity index (χ4n) is 4.21. The predicted molar refractivity (Wildman–Crippen MR) is 128 cm³/mol. The molecule has 0 spiro atoms. The van der Waals surface area contributed by atoms with Gasteiger partial charge in [0.2, 0.25) is 15.9 Å². The van der Waals surface area contributed by atoms with Crippen molar-refractivity contribution in [1.29, 1.82) is 0 Å². The van der Waals surface area contributed by atoms with Gasteiger partial charge in [-0.05, 0) is 54.3 Å². The van der Waals surface area contributed by atoms with Crippen LogP contribution < -0.4 is 5.32 Å². The van der Waals surface area contributed by atoms with E-state index < -0.39 is 10.0 Å². The second-order valence-electron chi connectivity index (χ2n) is 8.05. The topological polar surface area (TPSA) is 66.5 Å². The highest BCUT2D eigenvalue weighted by molar-refractivity contribution is 7.89. The van der Waals surface area contributed by atoms with Gasteiger partial charge in [0, 0.05) is 24.0 Å². The highest BCUT2D eigenvalue weighted by Gasteiger charge is 2.33. The van der Waals surface area contributed by atoms with E-state index in [0.717, 1.165) is 16.3 Å². The lowest BCUT2D eigenvalue weighted by Crippen LogP contribution is -2.43. The second-order valence-corrected chi connectivity index (χ2v) is 10.8. The van der Waals surface area contributed by atoms with Gasteiger partial charge >= 0.3 is 0 Å². The minimum atomic E-state index is -3.77. The molecule has 1 aliphatic rings. The van der Waals surface area contributed by atoms with Crippen molar-refractivity contribution in [1.82, 2.24) is 9.62 Å². The van der Waals surface area contributed by atoms with Crippen LogP contribution in [0.4, 0.5) is 0 Å². The van der Waals surface area contributed by atoms with Crippen LogP contribution in [0.3, 0.4) is 0 Å². The van der Waals surface area contributed by atoms with Gasteiger partial charge in [0.15, 0.2) is 0 Å². The molecule has 3 aromatic rings. The van der Waals surface area contributed by atoms with Crippen LogP contribution in [-0.4, -0.2) is 31.7 Å². The number of sulfonamides is 1. The maximum atomic E-state index is 13.0. The van der Waals surface area contributed by atoms with E-state index in [0.29, 0.717) is 17.9 Å². The maximum Gasteiger partial charge on any atom is 0.244 e. The lowest BCUT2D eigenvalue weighted by atomic mass is 9.95. The Morgan fingerprint density at radius 2 is 1.72 bits per heavy atom. The van der Waals surface area contributed by atoms with Crippen molar-refractivity contribution in [3.05, 3.63) is 76.3 Å². The number of nitrogens with one attached hydrogen (secondary N) is 1. The normalized spacial score (nSPS) is 16.7. The number of halogens is 2. The van der Waals surface area contributed by atoms with E-state index in [-0.39, 0.29) is 40.9 Å². The minimum absolute atomic E-state index is 0.000791. The van der Waals surface area contributed by atoms with E-state index in [9.17, 15) is 13.2 Å². The van der Waals surface area contributed by atoms with E-state index in [4.69, 9.17) is 23.2 Å². The van der Waals surface area contributed by atoms with E-state index in [1.54, 1.807) is 6.07 Å². The Morgan fingerprint density at radius 3 is 2.47 bits per heavy atom. The second kappa shape index (κ2) is 9.40. The van der Waals surface area contributed by atoms with Crippen molar-refractivity contribution in [3.63, 3.8) is 0 Å². The zero-order chi connectivity index (χ0) is 22.9. The third kappa shape index (κ3) is 4.64. The van der Waals surface area contributed by atoms with Crippen LogP contribution in [0.1, 0.15) is 31.4 Å². The molecular weight excluding hydrogens is 467 g/mol. The summed E-state index contributed by atoms with van der Waals surface area (Å²) >= 11 is 12.1. The number of piperidine rings is 1. The molecule has 0 radical (unpaired) electrons. The molecule has 1 saturated heterocycles. The number of rotatable bonds is 5. The number of amides is 1. The molecule has 1 fully saturated rings. The summed E-state index contributed by atoms with van der Waals surface area (Å²) in [5.41, 5.74) is 1.06. The van der Waals surface area contributed by atoms with Gasteiger partial charge in [-0.15, -0.1) is 0 Å². The first-order chi connectivity index (χ1) is 15.3. The Hall–Kier alpha value is -2.12. The number of nitrogens with zero attached hydrogens (tertiary/aromatic N) is 1. The van der Waals surface area contributed by atoms with Gasteiger partial charge in [-0.2, -0.15) is 4.31 Å². The molecule has 4 rings (SSSR count). The molecule has 1 N–H and O–H groups in total. The van der Waals surface area contributed by atoms with E-state index in [1.807, 2.05) is 31.2 Å². The van der Waals surface area contributed by atoms with Gasteiger partial charge in [0.05, 0.1) is 11.1 Å². The summed E-state index contributed by atoms with van der Waals surface area (Å²) in [7, 11) is -3.77. The average Bonchev–Trinajstić information content (AvgIpc) is 2.80. The zero-order valence-electron chi connectivity index (χ0n) is 17.6. The summed E-state index contributed by atoms with van der Waals surface area (Å²) in [6, 6.07) is 18.4. The Balaban J connectivity index is 1.42. The molecule has 1 amide bonds. The summed E-state index contributed by atoms with van der Waals surface area (Å²) in [5.74, 6) is -0.294. The van der Waals surface area contributed by atoms with Gasteiger partial charge in [-0.1, -0.05) is 65.7 Å². The Morgan fingerprint density at radius 1 is 1.03 bits per heavy atom. The third-order valence-corrected chi connectivity index (χ3v) is 8.60. The number of fused-ring (bicyclic) bond motifs is 1. The Kier molecular flexibility index (Phi) is 6.77. The van der Waals surface area contributed by atoms with Gasteiger partial charge in [-0.3, -0.25) is 4.79 Å². The van der Waals surface area contributed by atoms with Gasteiger partial charge in [0.25, 0.3) is 0 Å². The molecule has 1 aliphatic heterocycles. The molecule has 1 unspecified atom stereocenters. The monoisotopic (exact) mass is 490 g/mol.